The summed E-state index contributed by atoms with van der Waals surface area (Å²) < 4.78 is 11.4. The van der Waals surface area contributed by atoms with Gasteiger partial charge in [-0.25, -0.2) is 0 Å². The van der Waals surface area contributed by atoms with E-state index in [2.05, 4.69) is 33.8 Å². The van der Waals surface area contributed by atoms with Gasteiger partial charge in [-0.15, -0.1) is 0 Å². The third-order valence-corrected chi connectivity index (χ3v) is 4.97. The number of nitrogens with two attached hydrogens (primary N) is 1. The van der Waals surface area contributed by atoms with Crippen LogP contribution in [0.25, 0.3) is 0 Å². The summed E-state index contributed by atoms with van der Waals surface area (Å²) in [5.74, 6) is 2.92. The summed E-state index contributed by atoms with van der Waals surface area (Å²) >= 11 is 0. The van der Waals surface area contributed by atoms with E-state index in [0.717, 1.165) is 55.3 Å². The van der Waals surface area contributed by atoms with Gasteiger partial charge in [-0.05, 0) is 49.1 Å². The number of ether oxygens (including phenoxy) is 2. The van der Waals surface area contributed by atoms with Crippen molar-refractivity contribution in [2.24, 2.45) is 17.6 Å². The maximum Gasteiger partial charge on any atom is 0.125 e. The number of aliphatic hydroxyl groups is 1. The molecule has 0 saturated carbocycles. The Hall–Kier alpha value is -1.26. The van der Waals surface area contributed by atoms with Crippen LogP contribution in [0, 0.1) is 11.8 Å². The Morgan fingerprint density at radius 2 is 1.81 bits per heavy atom. The molecule has 0 unspecified atom stereocenters. The summed E-state index contributed by atoms with van der Waals surface area (Å²) in [6, 6.07) is 6.02. The molecule has 4 nitrogen and oxygen atoms in total. The summed E-state index contributed by atoms with van der Waals surface area (Å²) in [6.07, 6.45) is 7.17. The molecule has 1 rings (SSSR count). The van der Waals surface area contributed by atoms with E-state index in [1.54, 1.807) is 7.11 Å². The highest BCUT2D eigenvalue weighted by molar-refractivity contribution is 5.41. The van der Waals surface area contributed by atoms with Crippen molar-refractivity contribution in [3.8, 4) is 11.5 Å². The van der Waals surface area contributed by atoms with Crippen LogP contribution in [0.1, 0.15) is 71.8 Å². The average molecular weight is 380 g/mol. The first kappa shape index (κ1) is 23.8. The summed E-state index contributed by atoms with van der Waals surface area (Å²) in [6.45, 7) is 9.54. The normalized spacial score (nSPS) is 13.8. The topological polar surface area (TPSA) is 64.7 Å². The van der Waals surface area contributed by atoms with E-state index < -0.39 is 5.54 Å². The van der Waals surface area contributed by atoms with Gasteiger partial charge in [0.25, 0.3) is 0 Å². The number of aliphatic hydroxyl groups excluding tert-OH is 1. The first-order chi connectivity index (χ1) is 12.8. The lowest BCUT2D eigenvalue weighted by molar-refractivity contribution is 0.165. The molecule has 0 fully saturated rings. The van der Waals surface area contributed by atoms with Gasteiger partial charge in [-0.1, -0.05) is 53.0 Å². The van der Waals surface area contributed by atoms with Crippen molar-refractivity contribution in [2.75, 3.05) is 20.3 Å². The molecule has 0 heterocycles. The highest BCUT2D eigenvalue weighted by Crippen LogP contribution is 2.28. The SMILES string of the molecule is COc1cc(OCCCCCC(C)C)ccc1CC[C@@](N)(CO)CC(C)C. The van der Waals surface area contributed by atoms with Gasteiger partial charge < -0.3 is 20.3 Å². The van der Waals surface area contributed by atoms with Gasteiger partial charge in [-0.2, -0.15) is 0 Å². The van der Waals surface area contributed by atoms with Crippen molar-refractivity contribution in [2.45, 2.75) is 78.2 Å². The van der Waals surface area contributed by atoms with E-state index in [4.69, 9.17) is 15.2 Å². The number of methoxy groups -OCH3 is 1. The molecular weight excluding hydrogens is 338 g/mol. The first-order valence-electron chi connectivity index (χ1n) is 10.5. The van der Waals surface area contributed by atoms with Crippen LogP contribution >= 0.6 is 0 Å². The van der Waals surface area contributed by atoms with Crippen LogP contribution in [0.5, 0.6) is 11.5 Å². The van der Waals surface area contributed by atoms with E-state index in [9.17, 15) is 5.11 Å². The number of unbranched alkanes of at least 4 members (excludes halogenated alkanes) is 2. The monoisotopic (exact) mass is 379 g/mol. The van der Waals surface area contributed by atoms with Crippen LogP contribution in [-0.2, 0) is 6.42 Å². The van der Waals surface area contributed by atoms with E-state index in [0.29, 0.717) is 5.92 Å². The lowest BCUT2D eigenvalue weighted by Crippen LogP contribution is -2.45. The molecule has 0 aromatic heterocycles. The smallest absolute Gasteiger partial charge is 0.125 e. The van der Waals surface area contributed by atoms with Gasteiger partial charge in [0.1, 0.15) is 11.5 Å². The van der Waals surface area contributed by atoms with Crippen LogP contribution in [-0.4, -0.2) is 31.0 Å². The minimum absolute atomic E-state index is 0.00546. The molecule has 0 aliphatic carbocycles. The molecule has 1 aromatic rings. The molecule has 0 aliphatic heterocycles. The van der Waals surface area contributed by atoms with Gasteiger partial charge in [0.15, 0.2) is 0 Å². The Labute approximate surface area is 166 Å². The second-order valence-corrected chi connectivity index (χ2v) is 8.68. The largest absolute Gasteiger partial charge is 0.496 e. The molecule has 0 spiro atoms. The molecular formula is C23H41NO3. The highest BCUT2D eigenvalue weighted by Gasteiger charge is 2.25. The summed E-state index contributed by atoms with van der Waals surface area (Å²) in [4.78, 5) is 0. The van der Waals surface area contributed by atoms with Crippen molar-refractivity contribution in [3.05, 3.63) is 23.8 Å². The minimum atomic E-state index is -0.537. The van der Waals surface area contributed by atoms with Crippen molar-refractivity contribution in [1.29, 1.82) is 0 Å². The zero-order chi connectivity index (χ0) is 20.3. The number of hydrogen-bond acceptors (Lipinski definition) is 4. The molecule has 156 valence electrons. The predicted octanol–water partition coefficient (Wildman–Crippen LogP) is 4.96. The Balaban J connectivity index is 2.54. The number of aryl methyl sites for hydroxylation is 1. The maximum atomic E-state index is 9.70. The first-order valence-corrected chi connectivity index (χ1v) is 10.5. The second-order valence-electron chi connectivity index (χ2n) is 8.68. The van der Waals surface area contributed by atoms with Gasteiger partial charge in [0, 0.05) is 11.6 Å². The average Bonchev–Trinajstić information content (AvgIpc) is 2.62. The number of hydrogen-bond donors (Lipinski definition) is 2. The van der Waals surface area contributed by atoms with Crippen molar-refractivity contribution in [1.82, 2.24) is 0 Å². The molecule has 0 saturated heterocycles. The summed E-state index contributed by atoms with van der Waals surface area (Å²) in [7, 11) is 1.68. The third-order valence-electron chi connectivity index (χ3n) is 4.97. The lowest BCUT2D eigenvalue weighted by Gasteiger charge is -2.29. The molecule has 1 aromatic carbocycles. The fourth-order valence-corrected chi connectivity index (χ4v) is 3.48. The van der Waals surface area contributed by atoms with Crippen LogP contribution in [0.15, 0.2) is 18.2 Å². The van der Waals surface area contributed by atoms with Crippen LogP contribution in [0.2, 0.25) is 0 Å². The Morgan fingerprint density at radius 3 is 2.41 bits per heavy atom. The lowest BCUT2D eigenvalue weighted by atomic mass is 9.85. The fraction of sp³-hybridized carbons (Fsp3) is 0.739. The predicted molar refractivity (Wildman–Crippen MR) is 114 cm³/mol. The van der Waals surface area contributed by atoms with Gasteiger partial charge in [0.05, 0.1) is 20.3 Å². The quantitative estimate of drug-likeness (QED) is 0.448. The molecule has 0 radical (unpaired) electrons. The van der Waals surface area contributed by atoms with Gasteiger partial charge in [0.2, 0.25) is 0 Å². The van der Waals surface area contributed by atoms with Crippen LogP contribution in [0.4, 0.5) is 0 Å². The maximum absolute atomic E-state index is 9.70. The highest BCUT2D eigenvalue weighted by atomic mass is 16.5. The Kier molecular flexibility index (Phi) is 10.8. The third kappa shape index (κ3) is 9.48. The number of benzene rings is 1. The van der Waals surface area contributed by atoms with Crippen LogP contribution in [0.3, 0.4) is 0 Å². The van der Waals surface area contributed by atoms with Crippen molar-refractivity contribution >= 4 is 0 Å². The standard InChI is InChI=1S/C23H41NO3/c1-18(2)9-7-6-8-14-27-21-11-10-20(22(15-21)26-5)12-13-23(24,17-25)16-19(3)4/h10-11,15,18-19,25H,6-9,12-14,16-17,24H2,1-5H3/t23-/m0/s1. The number of rotatable bonds is 14. The van der Waals surface area contributed by atoms with Crippen molar-refractivity contribution in [3.63, 3.8) is 0 Å². The van der Waals surface area contributed by atoms with Gasteiger partial charge >= 0.3 is 0 Å². The molecule has 0 aliphatic rings. The summed E-state index contributed by atoms with van der Waals surface area (Å²) in [5.41, 5.74) is 6.94. The van der Waals surface area contributed by atoms with E-state index >= 15 is 0 Å². The minimum Gasteiger partial charge on any atom is -0.496 e. The molecule has 0 bridgehead atoms. The van der Waals surface area contributed by atoms with Crippen molar-refractivity contribution < 1.29 is 14.6 Å². The molecule has 27 heavy (non-hydrogen) atoms. The zero-order valence-electron chi connectivity index (χ0n) is 18.1. The fourth-order valence-electron chi connectivity index (χ4n) is 3.48. The Bertz CT molecular complexity index is 530. The molecule has 0 amide bonds. The Morgan fingerprint density at radius 1 is 1.07 bits per heavy atom. The van der Waals surface area contributed by atoms with Crippen LogP contribution < -0.4 is 15.2 Å². The molecule has 4 heteroatoms. The summed E-state index contributed by atoms with van der Waals surface area (Å²) in [5, 5.41) is 9.70. The zero-order valence-corrected chi connectivity index (χ0v) is 18.1. The molecule has 3 N–H and O–H groups in total. The molecule has 1 atom stereocenters. The van der Waals surface area contributed by atoms with E-state index in [-0.39, 0.29) is 6.61 Å². The van der Waals surface area contributed by atoms with E-state index in [1.165, 1.54) is 19.3 Å². The van der Waals surface area contributed by atoms with Gasteiger partial charge in [-0.3, -0.25) is 0 Å². The van der Waals surface area contributed by atoms with E-state index in [1.807, 2.05) is 12.1 Å². The second kappa shape index (κ2) is 12.2.